The number of hydrogen-bond donors (Lipinski definition) is 3. The second-order valence-electron chi connectivity index (χ2n) is 12.6. The van der Waals surface area contributed by atoms with E-state index in [0.29, 0.717) is 13.0 Å². The maximum absolute atomic E-state index is 12.5. The van der Waals surface area contributed by atoms with Gasteiger partial charge in [0.25, 0.3) is 0 Å². The average molecular weight is 715 g/mol. The minimum Gasteiger partial charge on any atom is -0.457 e. The number of carbonyl (C=O) groups is 1. The van der Waals surface area contributed by atoms with Crippen LogP contribution in [0.5, 0.6) is 0 Å². The van der Waals surface area contributed by atoms with Gasteiger partial charge >= 0.3 is 13.8 Å². The minimum atomic E-state index is -4.53. The molecular weight excluding hydrogens is 643 g/mol. The molecule has 0 aliphatic rings. The van der Waals surface area contributed by atoms with Crippen molar-refractivity contribution in [1.29, 1.82) is 0 Å². The standard InChI is InChI=1S/C39H71O9P/c1-3-5-7-9-11-13-15-17-18-20-22-24-26-28-30-32-45-35-38(36-47-49(43,44)46-34-37(41)33-40)48-39(42)31-29-27-25-23-21-19-16-14-12-10-8-6-4-2/h6,8,12,14,19,21,25,27,37-38,40-41H,3-5,7,9-11,13,15-18,20,22-24,26,28-36H2,1-2H3,(H,43,44)/b8-6-,14-12-,21-19-,27-25-. The zero-order valence-corrected chi connectivity index (χ0v) is 31.8. The van der Waals surface area contributed by atoms with Crippen LogP contribution in [-0.4, -0.2) is 66.3 Å². The van der Waals surface area contributed by atoms with Crippen LogP contribution in [0.2, 0.25) is 0 Å². The predicted octanol–water partition coefficient (Wildman–Crippen LogP) is 9.86. The number of rotatable bonds is 36. The third-order valence-corrected chi connectivity index (χ3v) is 8.74. The molecule has 9 nitrogen and oxygen atoms in total. The summed E-state index contributed by atoms with van der Waals surface area (Å²) in [6.07, 6.45) is 38.0. The highest BCUT2D eigenvalue weighted by Crippen LogP contribution is 2.43. The monoisotopic (exact) mass is 714 g/mol. The molecule has 286 valence electrons. The summed E-state index contributed by atoms with van der Waals surface area (Å²) < 4.78 is 33.1. The number of phosphoric acid groups is 1. The Morgan fingerprint density at radius 1 is 0.653 bits per heavy atom. The first-order chi connectivity index (χ1) is 23.8. The highest BCUT2D eigenvalue weighted by atomic mass is 31.2. The SMILES string of the molecule is CC/C=C\C/C=C\C/C=C\C/C=C\CCC(=O)OC(COCCCCCCCCCCCCCCCCC)COP(=O)(O)OCC(O)CO. The van der Waals surface area contributed by atoms with Crippen LogP contribution in [0.1, 0.15) is 149 Å². The van der Waals surface area contributed by atoms with Gasteiger partial charge in [0.05, 0.1) is 26.4 Å². The molecule has 3 atom stereocenters. The largest absolute Gasteiger partial charge is 0.472 e. The highest BCUT2D eigenvalue weighted by molar-refractivity contribution is 7.47. The zero-order chi connectivity index (χ0) is 36.1. The molecule has 0 rings (SSSR count). The van der Waals surface area contributed by atoms with Gasteiger partial charge in [-0.3, -0.25) is 13.8 Å². The molecule has 0 aliphatic heterocycles. The van der Waals surface area contributed by atoms with Crippen molar-refractivity contribution < 1.29 is 43.0 Å². The molecule has 0 heterocycles. The van der Waals surface area contributed by atoms with E-state index in [2.05, 4.69) is 50.3 Å². The third kappa shape index (κ3) is 36.0. The van der Waals surface area contributed by atoms with Crippen molar-refractivity contribution in [3.8, 4) is 0 Å². The fourth-order valence-electron chi connectivity index (χ4n) is 4.90. The van der Waals surface area contributed by atoms with Crippen molar-refractivity contribution in [1.82, 2.24) is 0 Å². The number of hydrogen-bond acceptors (Lipinski definition) is 8. The van der Waals surface area contributed by atoms with Gasteiger partial charge in [-0.05, 0) is 38.5 Å². The molecule has 10 heteroatoms. The second-order valence-corrected chi connectivity index (χ2v) is 14.0. The van der Waals surface area contributed by atoms with Gasteiger partial charge in [-0.2, -0.15) is 0 Å². The average Bonchev–Trinajstić information content (AvgIpc) is 3.09. The number of unbranched alkanes of at least 4 members (excludes halogenated alkanes) is 14. The molecule has 0 aliphatic carbocycles. The van der Waals surface area contributed by atoms with Crippen LogP contribution in [0.3, 0.4) is 0 Å². The summed E-state index contributed by atoms with van der Waals surface area (Å²) in [4.78, 5) is 22.4. The Bertz CT molecular complexity index is 903. The maximum Gasteiger partial charge on any atom is 0.472 e. The van der Waals surface area contributed by atoms with Crippen LogP contribution in [0.25, 0.3) is 0 Å². The Morgan fingerprint density at radius 2 is 1.12 bits per heavy atom. The van der Waals surface area contributed by atoms with Gasteiger partial charge in [-0.25, -0.2) is 4.57 Å². The normalized spacial score (nSPS) is 14.8. The number of aliphatic hydroxyl groups excluding tert-OH is 2. The number of aliphatic hydroxyl groups is 2. The summed E-state index contributed by atoms with van der Waals surface area (Å²) in [6.45, 7) is 3.30. The molecule has 0 saturated carbocycles. The van der Waals surface area contributed by atoms with Crippen molar-refractivity contribution >= 4 is 13.8 Å². The van der Waals surface area contributed by atoms with E-state index in [4.69, 9.17) is 23.6 Å². The summed E-state index contributed by atoms with van der Waals surface area (Å²) in [5.41, 5.74) is 0. The first-order valence-corrected chi connectivity index (χ1v) is 20.6. The zero-order valence-electron chi connectivity index (χ0n) is 30.9. The Morgan fingerprint density at radius 3 is 1.63 bits per heavy atom. The lowest BCUT2D eigenvalue weighted by atomic mass is 10.0. The topological polar surface area (TPSA) is 132 Å². The lowest BCUT2D eigenvalue weighted by Gasteiger charge is -2.20. The molecule has 0 aromatic rings. The third-order valence-electron chi connectivity index (χ3n) is 7.79. The molecule has 49 heavy (non-hydrogen) atoms. The number of phosphoric ester groups is 1. The van der Waals surface area contributed by atoms with Crippen molar-refractivity contribution in [2.45, 2.75) is 161 Å². The molecule has 0 bridgehead atoms. The van der Waals surface area contributed by atoms with E-state index in [0.717, 1.165) is 44.9 Å². The fourth-order valence-corrected chi connectivity index (χ4v) is 5.69. The van der Waals surface area contributed by atoms with E-state index in [9.17, 15) is 19.4 Å². The fraction of sp³-hybridized carbons (Fsp3) is 0.769. The van der Waals surface area contributed by atoms with Gasteiger partial charge in [0.2, 0.25) is 0 Å². The van der Waals surface area contributed by atoms with Crippen LogP contribution < -0.4 is 0 Å². The molecule has 0 amide bonds. The first-order valence-electron chi connectivity index (χ1n) is 19.1. The van der Waals surface area contributed by atoms with E-state index in [-0.39, 0.29) is 13.0 Å². The Balaban J connectivity index is 4.32. The van der Waals surface area contributed by atoms with Crippen molar-refractivity contribution in [3.05, 3.63) is 48.6 Å². The summed E-state index contributed by atoms with van der Waals surface area (Å²) in [7, 11) is -4.53. The molecule has 3 N–H and O–H groups in total. The van der Waals surface area contributed by atoms with E-state index in [1.807, 2.05) is 12.2 Å². The van der Waals surface area contributed by atoms with Gasteiger partial charge < -0.3 is 24.6 Å². The Kier molecular flexibility index (Phi) is 35.1. The Hall–Kier alpha value is -1.58. The van der Waals surface area contributed by atoms with Gasteiger partial charge in [-0.15, -0.1) is 0 Å². The van der Waals surface area contributed by atoms with Gasteiger partial charge in [0.15, 0.2) is 0 Å². The number of ether oxygens (including phenoxy) is 2. The van der Waals surface area contributed by atoms with Crippen LogP contribution in [0.15, 0.2) is 48.6 Å². The van der Waals surface area contributed by atoms with E-state index in [1.165, 1.54) is 77.0 Å². The minimum absolute atomic E-state index is 0.0214. The molecular formula is C39H71O9P. The quantitative estimate of drug-likeness (QED) is 0.0251. The summed E-state index contributed by atoms with van der Waals surface area (Å²) in [5, 5.41) is 18.3. The summed E-state index contributed by atoms with van der Waals surface area (Å²) in [5.74, 6) is -0.462. The highest BCUT2D eigenvalue weighted by Gasteiger charge is 2.26. The molecule has 0 spiro atoms. The number of esters is 1. The molecule has 0 radical (unpaired) electrons. The van der Waals surface area contributed by atoms with E-state index in [1.54, 1.807) is 0 Å². The lowest BCUT2D eigenvalue weighted by Crippen LogP contribution is -2.29. The lowest BCUT2D eigenvalue weighted by molar-refractivity contribution is -0.154. The van der Waals surface area contributed by atoms with Gasteiger partial charge in [0, 0.05) is 13.0 Å². The predicted molar refractivity (Wildman–Crippen MR) is 200 cm³/mol. The van der Waals surface area contributed by atoms with Crippen LogP contribution in [0, 0.1) is 0 Å². The Labute approximate surface area is 298 Å². The maximum atomic E-state index is 12.5. The van der Waals surface area contributed by atoms with E-state index < -0.39 is 45.8 Å². The summed E-state index contributed by atoms with van der Waals surface area (Å²) >= 11 is 0. The van der Waals surface area contributed by atoms with Crippen molar-refractivity contribution in [3.63, 3.8) is 0 Å². The number of carbonyl (C=O) groups excluding carboxylic acids is 1. The van der Waals surface area contributed by atoms with Crippen LogP contribution >= 0.6 is 7.82 Å². The molecule has 0 aromatic carbocycles. The van der Waals surface area contributed by atoms with Crippen LogP contribution in [0.4, 0.5) is 0 Å². The molecule has 0 fully saturated rings. The smallest absolute Gasteiger partial charge is 0.457 e. The summed E-state index contributed by atoms with van der Waals surface area (Å²) in [6, 6.07) is 0. The van der Waals surface area contributed by atoms with Gasteiger partial charge in [-0.1, -0.05) is 152 Å². The molecule has 3 unspecified atom stereocenters. The molecule has 0 saturated heterocycles. The van der Waals surface area contributed by atoms with Crippen molar-refractivity contribution in [2.75, 3.05) is 33.0 Å². The number of allylic oxidation sites excluding steroid dienone is 8. The van der Waals surface area contributed by atoms with Crippen LogP contribution in [-0.2, 0) is 27.9 Å². The van der Waals surface area contributed by atoms with E-state index >= 15 is 0 Å². The van der Waals surface area contributed by atoms with Crippen molar-refractivity contribution in [2.24, 2.45) is 0 Å². The van der Waals surface area contributed by atoms with Gasteiger partial charge in [0.1, 0.15) is 12.2 Å². The second kappa shape index (κ2) is 36.2. The molecule has 0 aromatic heterocycles. The first kappa shape index (κ1) is 47.4.